The number of thioether (sulfide) groups is 2. The summed E-state index contributed by atoms with van der Waals surface area (Å²) in [5, 5.41) is 34.5. The minimum absolute atomic E-state index is 0.0339. The molecule has 0 radical (unpaired) electrons. The predicted molar refractivity (Wildman–Crippen MR) is 522 cm³/mol. The third-order valence-electron chi connectivity index (χ3n) is 21.3. The average Bonchev–Trinajstić information content (AvgIpc) is 1.64. The fourth-order valence-electron chi connectivity index (χ4n) is 14.8. The van der Waals surface area contributed by atoms with E-state index in [9.17, 15) is 0 Å². The fourth-order valence-corrected chi connectivity index (χ4v) is 36.9. The van der Waals surface area contributed by atoms with Gasteiger partial charge in [-0.15, -0.1) is 10.2 Å². The molecule has 40 heteroatoms. The summed E-state index contributed by atoms with van der Waals surface area (Å²) in [7, 11) is -8.18. The summed E-state index contributed by atoms with van der Waals surface area (Å²) in [6.45, 7) is 51.8. The molecule has 0 saturated heterocycles. The van der Waals surface area contributed by atoms with Crippen molar-refractivity contribution in [2.75, 3.05) is 138 Å². The van der Waals surface area contributed by atoms with Gasteiger partial charge in [0.25, 0.3) is 0 Å². The van der Waals surface area contributed by atoms with Gasteiger partial charge in [-0.05, 0) is 134 Å². The summed E-state index contributed by atoms with van der Waals surface area (Å²) < 4.78 is 81.7. The van der Waals surface area contributed by atoms with Gasteiger partial charge < -0.3 is 86.0 Å². The van der Waals surface area contributed by atoms with Gasteiger partial charge >= 0.3 is 0 Å². The van der Waals surface area contributed by atoms with E-state index in [0.29, 0.717) is 194 Å². The fraction of sp³-hybridized carbons (Fsp3) is 0.622. The first-order chi connectivity index (χ1) is 62.5. The molecular weight excluding hydrogens is 1760 g/mol. The smallest absolute Gasteiger partial charge is 0.227 e. The van der Waals surface area contributed by atoms with Crippen molar-refractivity contribution in [2.24, 2.45) is 17.3 Å². The number of anilines is 4. The lowest BCUT2D eigenvalue weighted by Crippen LogP contribution is -2.47. The van der Waals surface area contributed by atoms with E-state index in [0.717, 1.165) is 108 Å². The van der Waals surface area contributed by atoms with Crippen LogP contribution in [0.25, 0.3) is 22.3 Å². The van der Waals surface area contributed by atoms with Crippen molar-refractivity contribution < 1.29 is 55.6 Å². The lowest BCUT2D eigenvalue weighted by atomic mass is 9.90. The predicted octanol–water partition coefficient (Wildman–Crippen LogP) is 16.0. The van der Waals surface area contributed by atoms with Crippen LogP contribution in [0.4, 0.5) is 23.5 Å². The Morgan fingerprint density at radius 1 is 0.415 bits per heavy atom. The van der Waals surface area contributed by atoms with Gasteiger partial charge in [0.1, 0.15) is 11.4 Å². The van der Waals surface area contributed by atoms with Crippen LogP contribution in [0.5, 0.6) is 0 Å². The summed E-state index contributed by atoms with van der Waals surface area (Å²) in [6.07, 6.45) is 17.4. The number of hydrogen-bond donors (Lipinski definition) is 4. The molecule has 10 aromatic rings. The average molecular weight is 1900 g/mol. The molecule has 0 spiro atoms. The van der Waals surface area contributed by atoms with Crippen LogP contribution in [0.15, 0.2) is 121 Å². The van der Waals surface area contributed by atoms with Crippen molar-refractivity contribution in [1.29, 1.82) is 0 Å². The molecule has 714 valence electrons. The molecule has 0 aliphatic carbocycles. The molecule has 10 rings (SSSR count). The molecule has 8 aromatic heterocycles. The zero-order chi connectivity index (χ0) is 92.8. The molecule has 34 nitrogen and oxygen atoms in total. The van der Waals surface area contributed by atoms with E-state index in [1.807, 2.05) is 86.2 Å². The number of rotatable bonds is 67. The van der Waals surface area contributed by atoms with E-state index in [1.54, 1.807) is 32.9 Å². The van der Waals surface area contributed by atoms with E-state index in [-0.39, 0.29) is 29.6 Å². The van der Waals surface area contributed by atoms with E-state index < -0.39 is 33.3 Å². The maximum Gasteiger partial charge on any atom is 0.227 e. The molecule has 8 heterocycles. The largest absolute Gasteiger partial charge is 0.455 e. The minimum atomic E-state index is -2.06. The van der Waals surface area contributed by atoms with E-state index in [2.05, 4.69) is 227 Å². The second-order valence-corrected chi connectivity index (χ2v) is 56.9. The molecular formula is C90H144N22O12S2Si4. The molecule has 130 heavy (non-hydrogen) atoms. The first kappa shape index (κ1) is 104. The summed E-state index contributed by atoms with van der Waals surface area (Å²) in [5.74, 6) is 3.20. The Bertz CT molecular complexity index is 4580. The Hall–Kier alpha value is -7.73. The van der Waals surface area contributed by atoms with Gasteiger partial charge in [0.05, 0.1) is 169 Å². The van der Waals surface area contributed by atoms with Crippen LogP contribution in [-0.4, -0.2) is 251 Å². The molecule has 2 aromatic carbocycles. The molecule has 0 bridgehead atoms. The second-order valence-electron chi connectivity index (χ2n) is 36.7. The third kappa shape index (κ3) is 36.9. The first-order valence-electron chi connectivity index (χ1n) is 45.9. The van der Waals surface area contributed by atoms with Crippen LogP contribution < -0.4 is 21.3 Å². The van der Waals surface area contributed by atoms with Crippen LogP contribution in [0.1, 0.15) is 134 Å². The van der Waals surface area contributed by atoms with Crippen LogP contribution >= 0.6 is 23.5 Å². The number of benzene rings is 2. The Balaban J connectivity index is 0.490. The molecule has 4 N–H and O–H groups in total. The van der Waals surface area contributed by atoms with E-state index in [1.165, 1.54) is 0 Å². The van der Waals surface area contributed by atoms with Gasteiger partial charge in [0.2, 0.25) is 11.9 Å². The molecule has 0 fully saturated rings. The van der Waals surface area contributed by atoms with Crippen LogP contribution in [0, 0.1) is 17.3 Å². The van der Waals surface area contributed by atoms with Crippen LogP contribution in [-0.2, 0) is 108 Å². The normalized spacial score (nSPS) is 13.8. The van der Waals surface area contributed by atoms with Gasteiger partial charge in [-0.25, -0.2) is 39.3 Å². The number of aromatic nitrogens is 18. The summed E-state index contributed by atoms with van der Waals surface area (Å²) in [5.41, 5.74) is 8.52. The molecule has 0 saturated carbocycles. The number of imidazole rings is 2. The van der Waals surface area contributed by atoms with Crippen molar-refractivity contribution in [1.82, 2.24) is 89.0 Å². The zero-order valence-electron chi connectivity index (χ0n) is 80.0. The second kappa shape index (κ2) is 53.4. The van der Waals surface area contributed by atoms with E-state index in [4.69, 9.17) is 75.5 Å². The molecule has 0 aliphatic rings. The van der Waals surface area contributed by atoms with Gasteiger partial charge in [-0.1, -0.05) is 136 Å². The monoisotopic (exact) mass is 1900 g/mol. The Morgan fingerprint density at radius 3 is 1.16 bits per heavy atom. The van der Waals surface area contributed by atoms with Gasteiger partial charge in [-0.2, -0.15) is 19.9 Å². The molecule has 4 atom stereocenters. The zero-order valence-corrected chi connectivity index (χ0v) is 85.7. The van der Waals surface area contributed by atoms with Gasteiger partial charge in [0, 0.05) is 90.5 Å². The highest BCUT2D eigenvalue weighted by molar-refractivity contribution is 8.01. The van der Waals surface area contributed by atoms with Crippen LogP contribution in [0.2, 0.25) is 64.5 Å². The van der Waals surface area contributed by atoms with Crippen molar-refractivity contribution in [2.45, 2.75) is 240 Å². The summed E-state index contributed by atoms with van der Waals surface area (Å²) in [4.78, 5) is 47.6. The quantitative estimate of drug-likeness (QED) is 0.0119. The van der Waals surface area contributed by atoms with Gasteiger partial charge in [-0.3, -0.25) is 0 Å². The standard InChI is InChI=1S/C90H144N22O12S2Si4/c1-19-76(99-86-101-82(91-44-72-28-24-22-25-29-72)80-84(103-86)111(64-97-80)68(4)5)56-119-52-70(8)60-127(11,12)123-129(15,16)66-125-88-93-46-74(47-94-88)54-117-42-40-115-38-36-113-34-32-109-50-78(105-107-109)58-121-62-90(10,21-3)63-122-59-79-51-110(108-106-79)33-35-114-37-39-116-41-43-118-55-75-48-95-89(96-49-75)126-67-130(17,18)124-128(13,14)61-71(9)53-120-57-77(20-2)100-87-102-83(92-45-73-30-26-23-27-31-73)81-85(104-87)112(65-98-81)69(6)7/h22-31,46-51,64-65,68-71,76-77H,19-21,32-45,52-63,66-67H2,1-18H3,(H2,91,99,101,103)(H2,92,100,102,104)/t70?,71?,76-,77-,90?/m1/s1. The lowest BCUT2D eigenvalue weighted by Gasteiger charge is -2.35. The van der Waals surface area contributed by atoms with Gasteiger partial charge in [0.15, 0.2) is 77.5 Å². The highest BCUT2D eigenvalue weighted by Gasteiger charge is 2.37. The van der Waals surface area contributed by atoms with Crippen molar-refractivity contribution in [3.8, 4) is 0 Å². The highest BCUT2D eigenvalue weighted by atomic mass is 32.2. The minimum Gasteiger partial charge on any atom is -0.455 e. The summed E-state index contributed by atoms with van der Waals surface area (Å²) >= 11 is 3.32. The maximum absolute atomic E-state index is 7.04. The van der Waals surface area contributed by atoms with Crippen molar-refractivity contribution >= 4 is 103 Å². The molecule has 2 unspecified atom stereocenters. The maximum atomic E-state index is 7.04. The molecule has 0 aliphatic heterocycles. The SMILES string of the molecule is CC[C@H](COCC(C)C[Si](C)(C)O[Si](C)(C)CSc1ncc(COCCOCCOCCn2cc(COCC(C)(CC)COCc3cn(CCOCCOCCOCc4cnc(SC[Si](C)(C)O[Si](C)(C)CC(C)COC[C@@H](CC)Nc5nc(NCc6ccccc6)c6ncn(C(C)C)c6n5)nc4)nn3)nn2)cn1)Nc1nc(NCc2ccccc2)c2ncn(C(C)C)c2n1. The number of nitrogens with zero attached hydrogens (tertiary/aromatic N) is 18. The number of ether oxygens (including phenoxy) is 10. The Morgan fingerprint density at radius 2 is 0.792 bits per heavy atom. The number of fused-ring (bicyclic) bond motifs is 2. The highest BCUT2D eigenvalue weighted by Crippen LogP contribution is 2.32. The van der Waals surface area contributed by atoms with Crippen molar-refractivity contribution in [3.63, 3.8) is 0 Å². The molecule has 0 amide bonds. The Labute approximate surface area is 781 Å². The number of hydrogen-bond acceptors (Lipinski definition) is 32. The Kier molecular flexibility index (Phi) is 42.8. The third-order valence-corrected chi connectivity index (χ3v) is 41.1. The van der Waals surface area contributed by atoms with Crippen LogP contribution in [0.3, 0.4) is 0 Å². The van der Waals surface area contributed by atoms with Crippen molar-refractivity contribution in [3.05, 3.63) is 144 Å². The number of nitrogens with one attached hydrogen (secondary N) is 4. The lowest BCUT2D eigenvalue weighted by molar-refractivity contribution is -0.0268. The first-order valence-corrected chi connectivity index (χ1v) is 60.3. The topological polar surface area (TPSA) is 359 Å². The summed E-state index contributed by atoms with van der Waals surface area (Å²) in [6, 6.07) is 23.0. The van der Waals surface area contributed by atoms with E-state index >= 15 is 0 Å².